The Morgan fingerprint density at radius 3 is 2.79 bits per heavy atom. The van der Waals surface area contributed by atoms with Crippen LogP contribution in [0.4, 0.5) is 4.39 Å². The molecule has 24 heavy (non-hydrogen) atoms. The molecular formula is C19H14FNO3. The Balaban J connectivity index is 1.82. The Bertz CT molecular complexity index is 868. The lowest BCUT2D eigenvalue weighted by Gasteiger charge is -2.02. The average Bonchev–Trinajstić information content (AvgIpc) is 2.96. The minimum atomic E-state index is -0.570. The number of carbonyl (C=O) groups excluding carboxylic acids is 1. The summed E-state index contributed by atoms with van der Waals surface area (Å²) in [6.07, 6.45) is 5.03. The molecule has 120 valence electrons. The molecule has 1 aliphatic heterocycles. The fraction of sp³-hybridized carbons (Fsp3) is 0.0526. The highest BCUT2D eigenvalue weighted by Crippen LogP contribution is 2.20. The Kier molecular flexibility index (Phi) is 4.52. The number of methoxy groups -OCH3 is 1. The molecule has 4 nitrogen and oxygen atoms in total. The normalized spacial score (nSPS) is 15.7. The molecule has 2 aromatic rings. The van der Waals surface area contributed by atoms with E-state index in [1.165, 1.54) is 18.2 Å². The van der Waals surface area contributed by atoms with Crippen molar-refractivity contribution >= 4 is 17.9 Å². The number of halogens is 1. The smallest absolute Gasteiger partial charge is 0.363 e. The molecule has 0 atom stereocenters. The van der Waals surface area contributed by atoms with E-state index in [1.54, 1.807) is 31.4 Å². The highest BCUT2D eigenvalue weighted by molar-refractivity contribution is 6.11. The van der Waals surface area contributed by atoms with E-state index in [2.05, 4.69) is 4.99 Å². The number of cyclic esters (lactones) is 1. The van der Waals surface area contributed by atoms with E-state index in [0.717, 1.165) is 11.3 Å². The van der Waals surface area contributed by atoms with Gasteiger partial charge in [-0.15, -0.1) is 0 Å². The van der Waals surface area contributed by atoms with Gasteiger partial charge in [-0.25, -0.2) is 14.2 Å². The molecule has 0 fully saturated rings. The lowest BCUT2D eigenvalue weighted by molar-refractivity contribution is -0.130. The van der Waals surface area contributed by atoms with Crippen LogP contribution in [0.5, 0.6) is 5.75 Å². The van der Waals surface area contributed by atoms with Gasteiger partial charge in [-0.05, 0) is 30.3 Å². The molecule has 0 bridgehead atoms. The summed E-state index contributed by atoms with van der Waals surface area (Å²) < 4.78 is 23.6. The number of esters is 1. The number of nitrogens with zero attached hydrogens (tertiary/aromatic N) is 1. The number of carbonyl (C=O) groups is 1. The second-order valence-electron chi connectivity index (χ2n) is 4.97. The number of benzene rings is 2. The van der Waals surface area contributed by atoms with Gasteiger partial charge < -0.3 is 9.47 Å². The largest absolute Gasteiger partial charge is 0.496 e. The maximum Gasteiger partial charge on any atom is 0.363 e. The minimum absolute atomic E-state index is 0.0939. The van der Waals surface area contributed by atoms with Crippen molar-refractivity contribution in [3.63, 3.8) is 0 Å². The summed E-state index contributed by atoms with van der Waals surface area (Å²) in [4.78, 5) is 16.0. The van der Waals surface area contributed by atoms with Crippen LogP contribution >= 0.6 is 0 Å². The van der Waals surface area contributed by atoms with Crippen LogP contribution in [0.3, 0.4) is 0 Å². The molecule has 0 aromatic heterocycles. The van der Waals surface area contributed by atoms with Crippen molar-refractivity contribution in [1.29, 1.82) is 0 Å². The van der Waals surface area contributed by atoms with Crippen LogP contribution in [0.15, 0.2) is 71.4 Å². The predicted molar refractivity (Wildman–Crippen MR) is 89.1 cm³/mol. The summed E-state index contributed by atoms with van der Waals surface area (Å²) >= 11 is 0. The monoisotopic (exact) mass is 323 g/mol. The molecule has 0 saturated carbocycles. The van der Waals surface area contributed by atoms with Crippen LogP contribution < -0.4 is 4.74 Å². The van der Waals surface area contributed by atoms with E-state index in [-0.39, 0.29) is 11.6 Å². The maximum atomic E-state index is 13.2. The van der Waals surface area contributed by atoms with Crippen LogP contribution in [-0.4, -0.2) is 19.0 Å². The Hall–Kier alpha value is -3.21. The molecular weight excluding hydrogens is 309 g/mol. The van der Waals surface area contributed by atoms with Crippen LogP contribution in [-0.2, 0) is 9.53 Å². The summed E-state index contributed by atoms with van der Waals surface area (Å²) in [5, 5.41) is 0. The van der Waals surface area contributed by atoms with Gasteiger partial charge in [0.2, 0.25) is 5.90 Å². The zero-order chi connectivity index (χ0) is 16.9. The van der Waals surface area contributed by atoms with Crippen LogP contribution in [0.1, 0.15) is 11.1 Å². The third kappa shape index (κ3) is 3.41. The number of hydrogen-bond donors (Lipinski definition) is 0. The summed E-state index contributed by atoms with van der Waals surface area (Å²) in [5.41, 5.74) is 1.44. The van der Waals surface area contributed by atoms with Gasteiger partial charge in [-0.1, -0.05) is 36.4 Å². The van der Waals surface area contributed by atoms with Crippen molar-refractivity contribution in [2.75, 3.05) is 7.11 Å². The maximum absolute atomic E-state index is 13.2. The van der Waals surface area contributed by atoms with Gasteiger partial charge in [-0.3, -0.25) is 0 Å². The molecule has 0 spiro atoms. The van der Waals surface area contributed by atoms with Gasteiger partial charge in [0.25, 0.3) is 0 Å². The number of ether oxygens (including phenoxy) is 2. The number of para-hydroxylation sites is 1. The minimum Gasteiger partial charge on any atom is -0.496 e. The van der Waals surface area contributed by atoms with Crippen molar-refractivity contribution in [3.8, 4) is 5.75 Å². The molecule has 0 N–H and O–H groups in total. The van der Waals surface area contributed by atoms with E-state index >= 15 is 0 Å². The summed E-state index contributed by atoms with van der Waals surface area (Å²) in [5.74, 6) is -0.166. The first-order chi connectivity index (χ1) is 11.7. The summed E-state index contributed by atoms with van der Waals surface area (Å²) in [7, 11) is 1.59. The van der Waals surface area contributed by atoms with Crippen molar-refractivity contribution in [1.82, 2.24) is 0 Å². The molecule has 1 heterocycles. The lowest BCUT2D eigenvalue weighted by Crippen LogP contribution is -2.05. The second-order valence-corrected chi connectivity index (χ2v) is 4.97. The van der Waals surface area contributed by atoms with Crippen molar-refractivity contribution in [2.45, 2.75) is 0 Å². The SMILES string of the molecule is COc1ccccc1/C=C/C=C1\N=C(c2cccc(F)c2)OC1=O. The third-order valence-electron chi connectivity index (χ3n) is 3.36. The van der Waals surface area contributed by atoms with Crippen LogP contribution in [0.2, 0.25) is 0 Å². The Morgan fingerprint density at radius 1 is 1.17 bits per heavy atom. The number of allylic oxidation sites excluding steroid dienone is 2. The number of rotatable bonds is 4. The first kappa shape index (κ1) is 15.7. The number of hydrogen-bond acceptors (Lipinski definition) is 4. The van der Waals surface area contributed by atoms with E-state index < -0.39 is 11.8 Å². The second kappa shape index (κ2) is 6.91. The van der Waals surface area contributed by atoms with Gasteiger partial charge in [0.05, 0.1) is 7.11 Å². The highest BCUT2D eigenvalue weighted by Gasteiger charge is 2.23. The zero-order valence-electron chi connectivity index (χ0n) is 12.9. The molecule has 0 radical (unpaired) electrons. The molecule has 5 heteroatoms. The molecule has 0 saturated heterocycles. The Labute approximate surface area is 138 Å². The van der Waals surface area contributed by atoms with Gasteiger partial charge in [0.15, 0.2) is 5.70 Å². The van der Waals surface area contributed by atoms with Crippen molar-refractivity contribution in [3.05, 3.63) is 83.3 Å². The quantitative estimate of drug-likeness (QED) is 0.636. The first-order valence-electron chi connectivity index (χ1n) is 7.25. The van der Waals surface area contributed by atoms with E-state index in [0.29, 0.717) is 5.56 Å². The summed E-state index contributed by atoms with van der Waals surface area (Å²) in [6, 6.07) is 13.2. The molecule has 3 rings (SSSR count). The predicted octanol–water partition coefficient (Wildman–Crippen LogP) is 3.74. The van der Waals surface area contributed by atoms with E-state index in [9.17, 15) is 9.18 Å². The third-order valence-corrected chi connectivity index (χ3v) is 3.36. The first-order valence-corrected chi connectivity index (χ1v) is 7.25. The lowest BCUT2D eigenvalue weighted by atomic mass is 10.2. The van der Waals surface area contributed by atoms with Gasteiger partial charge in [-0.2, -0.15) is 0 Å². The van der Waals surface area contributed by atoms with E-state index in [4.69, 9.17) is 9.47 Å². The summed E-state index contributed by atoms with van der Waals surface area (Å²) in [6.45, 7) is 0. The number of aliphatic imine (C=N–C) groups is 1. The average molecular weight is 323 g/mol. The Morgan fingerprint density at radius 2 is 2.00 bits per heavy atom. The topological polar surface area (TPSA) is 47.9 Å². The van der Waals surface area contributed by atoms with E-state index in [1.807, 2.05) is 24.3 Å². The standard InChI is InChI=1S/C19H14FNO3/c1-23-17-11-3-2-6-13(17)7-5-10-16-19(22)24-18(21-16)14-8-4-9-15(20)12-14/h2-12H,1H3/b7-5+,16-10-. The van der Waals surface area contributed by atoms with Crippen molar-refractivity contribution < 1.29 is 18.7 Å². The van der Waals surface area contributed by atoms with Gasteiger partial charge in [0, 0.05) is 11.1 Å². The van der Waals surface area contributed by atoms with Gasteiger partial charge in [0.1, 0.15) is 11.6 Å². The molecule has 0 amide bonds. The fourth-order valence-corrected chi connectivity index (χ4v) is 2.22. The molecule has 2 aromatic carbocycles. The fourth-order valence-electron chi connectivity index (χ4n) is 2.22. The highest BCUT2D eigenvalue weighted by atomic mass is 19.1. The zero-order valence-corrected chi connectivity index (χ0v) is 12.9. The van der Waals surface area contributed by atoms with Crippen LogP contribution in [0.25, 0.3) is 6.08 Å². The molecule has 1 aliphatic rings. The van der Waals surface area contributed by atoms with Crippen molar-refractivity contribution in [2.24, 2.45) is 4.99 Å². The molecule has 0 aliphatic carbocycles. The molecule has 0 unspecified atom stereocenters. The van der Waals surface area contributed by atoms with Gasteiger partial charge >= 0.3 is 5.97 Å². The van der Waals surface area contributed by atoms with Crippen LogP contribution in [0, 0.1) is 5.82 Å².